The second-order valence-corrected chi connectivity index (χ2v) is 16.9. The quantitative estimate of drug-likeness (QED) is 0.0153. The number of carbonyl (C=O) groups is 2. The summed E-state index contributed by atoms with van der Waals surface area (Å²) in [5, 5.41) is 50.0. The summed E-state index contributed by atoms with van der Waals surface area (Å²) in [6, 6.07) is 0. The van der Waals surface area contributed by atoms with Gasteiger partial charge in [-0.15, -0.1) is 0 Å². The molecule has 0 aromatic carbocycles. The van der Waals surface area contributed by atoms with Gasteiger partial charge in [0.2, 0.25) is 0 Å². The molecule has 0 bridgehead atoms. The normalized spacial score (nSPS) is 22.9. The zero-order valence-electron chi connectivity index (χ0n) is 35.1. The Morgan fingerprint density at radius 2 is 0.912 bits per heavy atom. The number of esters is 2. The molecule has 0 aromatic heterocycles. The highest BCUT2D eigenvalue weighted by Gasteiger charge is 2.51. The standard InChI is InChI=1S/C43H79O13P/c1-3-5-7-9-11-13-15-16-17-18-19-20-22-23-25-27-29-31-36(44)53-33-35(55-37(45)32-30-28-26-24-21-14-12-10-8-6-4-2)34-54-57(51,52)56-43-41(49)39(47)38(46)40(48)42(43)50/h10,12,16-17,35,38-43,46-50H,3-9,11,13-15,18-34H2,1-2H3,(H,51,52)/b12-10+,17-16+/t35-,38?,39-,40?,41?,42?,43?/m0/s1. The monoisotopic (exact) mass is 835 g/mol. The van der Waals surface area contributed by atoms with Gasteiger partial charge in [-0.05, 0) is 57.8 Å². The van der Waals surface area contributed by atoms with E-state index in [9.17, 15) is 44.6 Å². The first-order valence-corrected chi connectivity index (χ1v) is 23.6. The SMILES string of the molecule is CCCC/C=C/CCCCCCCC(=O)O[C@@H](COC(=O)CCCCCCCCC/C=C/CCCCCCCC)COP(=O)(O)OC1C(O)C(O)C(O)[C@H](O)C1O. The van der Waals surface area contributed by atoms with E-state index in [1.807, 2.05) is 0 Å². The van der Waals surface area contributed by atoms with Crippen LogP contribution >= 0.6 is 7.82 Å². The lowest BCUT2D eigenvalue weighted by Gasteiger charge is -2.41. The Labute approximate surface area is 343 Å². The highest BCUT2D eigenvalue weighted by molar-refractivity contribution is 7.47. The third kappa shape index (κ3) is 26.9. The van der Waals surface area contributed by atoms with E-state index in [0.29, 0.717) is 12.8 Å². The summed E-state index contributed by atoms with van der Waals surface area (Å²) in [6.07, 6.45) is 22.4. The second kappa shape index (κ2) is 34.1. The van der Waals surface area contributed by atoms with E-state index in [-0.39, 0.29) is 12.8 Å². The minimum Gasteiger partial charge on any atom is -0.462 e. The summed E-state index contributed by atoms with van der Waals surface area (Å²) in [6.45, 7) is 3.23. The Bertz CT molecular complexity index is 1100. The molecule has 1 rings (SSSR count). The van der Waals surface area contributed by atoms with Crippen molar-refractivity contribution in [1.29, 1.82) is 0 Å². The number of rotatable bonds is 36. The summed E-state index contributed by atoms with van der Waals surface area (Å²) >= 11 is 0. The Kier molecular flexibility index (Phi) is 31.9. The summed E-state index contributed by atoms with van der Waals surface area (Å²) in [5.41, 5.74) is 0. The molecule has 14 heteroatoms. The fraction of sp³-hybridized carbons (Fsp3) is 0.860. The van der Waals surface area contributed by atoms with Crippen molar-refractivity contribution in [2.75, 3.05) is 13.2 Å². The molecule has 8 atom stereocenters. The summed E-state index contributed by atoms with van der Waals surface area (Å²) in [7, 11) is -5.11. The van der Waals surface area contributed by atoms with Crippen LogP contribution in [0, 0.1) is 0 Å². The first-order chi connectivity index (χ1) is 27.4. The molecule has 13 nitrogen and oxygen atoms in total. The molecule has 1 fully saturated rings. The number of phosphoric acid groups is 1. The Hall–Kier alpha value is -1.67. The van der Waals surface area contributed by atoms with Crippen molar-refractivity contribution in [3.8, 4) is 0 Å². The van der Waals surface area contributed by atoms with E-state index in [1.54, 1.807) is 0 Å². The van der Waals surface area contributed by atoms with Crippen molar-refractivity contribution in [3.63, 3.8) is 0 Å². The lowest BCUT2D eigenvalue weighted by atomic mass is 9.85. The second-order valence-electron chi connectivity index (χ2n) is 15.5. The van der Waals surface area contributed by atoms with Gasteiger partial charge in [-0.1, -0.05) is 134 Å². The molecule has 0 radical (unpaired) electrons. The molecule has 0 amide bonds. The van der Waals surface area contributed by atoms with Crippen molar-refractivity contribution >= 4 is 19.8 Å². The largest absolute Gasteiger partial charge is 0.472 e. The molecule has 6 N–H and O–H groups in total. The van der Waals surface area contributed by atoms with Gasteiger partial charge < -0.3 is 39.9 Å². The first kappa shape index (κ1) is 53.3. The van der Waals surface area contributed by atoms with Crippen molar-refractivity contribution in [1.82, 2.24) is 0 Å². The number of allylic oxidation sites excluding steroid dienone is 4. The van der Waals surface area contributed by atoms with Gasteiger partial charge in [0.25, 0.3) is 0 Å². The predicted octanol–water partition coefficient (Wildman–Crippen LogP) is 8.06. The maximum absolute atomic E-state index is 12.8. The highest BCUT2D eigenvalue weighted by Crippen LogP contribution is 2.47. The van der Waals surface area contributed by atoms with Gasteiger partial charge in [0.15, 0.2) is 6.10 Å². The third-order valence-electron chi connectivity index (χ3n) is 10.3. The number of hydrogen-bond acceptors (Lipinski definition) is 12. The Morgan fingerprint density at radius 1 is 0.526 bits per heavy atom. The summed E-state index contributed by atoms with van der Waals surface area (Å²) < 4.78 is 33.4. The van der Waals surface area contributed by atoms with Crippen LogP contribution in [0.3, 0.4) is 0 Å². The van der Waals surface area contributed by atoms with Gasteiger partial charge in [0.05, 0.1) is 6.61 Å². The fourth-order valence-corrected chi connectivity index (χ4v) is 7.59. The van der Waals surface area contributed by atoms with E-state index in [0.717, 1.165) is 70.6 Å². The fourth-order valence-electron chi connectivity index (χ4n) is 6.62. The van der Waals surface area contributed by atoms with Crippen LogP contribution in [0.1, 0.15) is 181 Å². The number of phosphoric ester groups is 1. The van der Waals surface area contributed by atoms with Crippen LogP contribution in [0.2, 0.25) is 0 Å². The van der Waals surface area contributed by atoms with Crippen LogP contribution < -0.4 is 0 Å². The lowest BCUT2D eigenvalue weighted by Crippen LogP contribution is -2.64. The molecular weight excluding hydrogens is 755 g/mol. The van der Waals surface area contributed by atoms with Gasteiger partial charge in [0, 0.05) is 12.8 Å². The van der Waals surface area contributed by atoms with Crippen LogP contribution in [0.5, 0.6) is 0 Å². The molecule has 1 saturated carbocycles. The van der Waals surface area contributed by atoms with E-state index >= 15 is 0 Å². The van der Waals surface area contributed by atoms with Gasteiger partial charge in [-0.3, -0.25) is 18.6 Å². The summed E-state index contributed by atoms with van der Waals surface area (Å²) in [5.74, 6) is -1.11. The van der Waals surface area contributed by atoms with Gasteiger partial charge >= 0.3 is 19.8 Å². The molecule has 1 aliphatic rings. The van der Waals surface area contributed by atoms with Crippen LogP contribution in [-0.4, -0.2) is 98.3 Å². The number of carbonyl (C=O) groups excluding carboxylic acids is 2. The average molecular weight is 835 g/mol. The van der Waals surface area contributed by atoms with Gasteiger partial charge in [-0.2, -0.15) is 0 Å². The molecule has 0 aliphatic heterocycles. The van der Waals surface area contributed by atoms with Gasteiger partial charge in [-0.25, -0.2) is 4.57 Å². The molecular formula is C43H79O13P. The van der Waals surface area contributed by atoms with Crippen molar-refractivity contribution in [2.45, 2.75) is 224 Å². The minimum atomic E-state index is -5.11. The third-order valence-corrected chi connectivity index (χ3v) is 11.3. The maximum Gasteiger partial charge on any atom is 0.472 e. The number of ether oxygens (including phenoxy) is 2. The van der Waals surface area contributed by atoms with Crippen LogP contribution in [0.25, 0.3) is 0 Å². The van der Waals surface area contributed by atoms with Crippen LogP contribution in [-0.2, 0) is 32.7 Å². The Balaban J connectivity index is 2.46. The van der Waals surface area contributed by atoms with Crippen molar-refractivity contribution < 1.29 is 63.1 Å². The predicted molar refractivity (Wildman–Crippen MR) is 221 cm³/mol. The van der Waals surface area contributed by atoms with E-state index in [2.05, 4.69) is 38.2 Å². The highest BCUT2D eigenvalue weighted by atomic mass is 31.2. The maximum atomic E-state index is 12.8. The lowest BCUT2D eigenvalue weighted by molar-refractivity contribution is -0.220. The van der Waals surface area contributed by atoms with Crippen molar-refractivity contribution in [3.05, 3.63) is 24.3 Å². The zero-order valence-corrected chi connectivity index (χ0v) is 36.0. The van der Waals surface area contributed by atoms with Gasteiger partial charge in [0.1, 0.15) is 43.2 Å². The minimum absolute atomic E-state index is 0.0865. The zero-order chi connectivity index (χ0) is 42.2. The molecule has 57 heavy (non-hydrogen) atoms. The topological polar surface area (TPSA) is 210 Å². The van der Waals surface area contributed by atoms with Crippen molar-refractivity contribution in [2.24, 2.45) is 0 Å². The smallest absolute Gasteiger partial charge is 0.462 e. The average Bonchev–Trinajstić information content (AvgIpc) is 3.19. The number of hydrogen-bond donors (Lipinski definition) is 6. The number of unbranched alkanes of at least 4 members (excludes halogenated alkanes) is 20. The number of aliphatic hydroxyl groups excluding tert-OH is 5. The number of aliphatic hydroxyl groups is 5. The molecule has 6 unspecified atom stereocenters. The molecule has 334 valence electrons. The first-order valence-electron chi connectivity index (χ1n) is 22.1. The summed E-state index contributed by atoms with van der Waals surface area (Å²) in [4.78, 5) is 35.6. The van der Waals surface area contributed by atoms with Crippen LogP contribution in [0.15, 0.2) is 24.3 Å². The molecule has 1 aliphatic carbocycles. The van der Waals surface area contributed by atoms with E-state index in [4.69, 9.17) is 18.5 Å². The molecule has 0 saturated heterocycles. The van der Waals surface area contributed by atoms with Crippen LogP contribution in [0.4, 0.5) is 0 Å². The van der Waals surface area contributed by atoms with E-state index in [1.165, 1.54) is 70.6 Å². The Morgan fingerprint density at radius 3 is 1.39 bits per heavy atom. The van der Waals surface area contributed by atoms with E-state index < -0.39 is 75.7 Å². The molecule has 0 heterocycles. The molecule has 0 spiro atoms. The molecule has 0 aromatic rings.